The lowest BCUT2D eigenvalue weighted by Gasteiger charge is -2.41. The van der Waals surface area contributed by atoms with Crippen molar-refractivity contribution in [3.63, 3.8) is 0 Å². The van der Waals surface area contributed by atoms with Gasteiger partial charge in [-0.3, -0.25) is 14.3 Å². The highest BCUT2D eigenvalue weighted by atomic mass is 16.5. The maximum atomic E-state index is 14.1. The van der Waals surface area contributed by atoms with Crippen LogP contribution in [0.3, 0.4) is 0 Å². The summed E-state index contributed by atoms with van der Waals surface area (Å²) in [4.78, 5) is 27.9. The zero-order chi connectivity index (χ0) is 30.8. The monoisotopic (exact) mass is 594 g/mol. The molecule has 0 bridgehead atoms. The summed E-state index contributed by atoms with van der Waals surface area (Å²) in [6, 6.07) is 16.3. The standard InChI is InChI=1S/C35H42N6O3/c1-5-7-13-30-29(20-25-15-17-26(18-16-25)27-11-8-9-12-28(27)32-36-38-39-37-32)33(42)40-19-10-14-31(41(30)40)35(34(43)44-6-2)21-23(3)24(4)22-35/h8-9,11-12,15-18,31H,5-7,10,13-14,19-22H2,1-4H3,(H,36,37,38,39). The van der Waals surface area contributed by atoms with E-state index in [0.29, 0.717) is 38.2 Å². The first-order valence-electron chi connectivity index (χ1n) is 16.0. The van der Waals surface area contributed by atoms with E-state index in [4.69, 9.17) is 4.74 Å². The summed E-state index contributed by atoms with van der Waals surface area (Å²) in [5, 5.41) is 14.6. The minimum absolute atomic E-state index is 0.0748. The molecule has 0 spiro atoms. The molecule has 1 N–H and O–H groups in total. The quantitative estimate of drug-likeness (QED) is 0.167. The predicted molar refractivity (Wildman–Crippen MR) is 170 cm³/mol. The van der Waals surface area contributed by atoms with Crippen molar-refractivity contribution in [1.82, 2.24) is 30.0 Å². The number of aromatic amines is 1. The van der Waals surface area contributed by atoms with E-state index in [1.54, 1.807) is 0 Å². The number of aromatic nitrogens is 6. The first-order chi connectivity index (χ1) is 21.4. The fraction of sp³-hybridized carbons (Fsp3) is 0.457. The summed E-state index contributed by atoms with van der Waals surface area (Å²) in [6.45, 7) is 9.35. The molecule has 3 heterocycles. The van der Waals surface area contributed by atoms with E-state index in [9.17, 15) is 9.59 Å². The lowest BCUT2D eigenvalue weighted by Crippen LogP contribution is -2.45. The fourth-order valence-electron chi connectivity index (χ4n) is 7.39. The number of H-pyrrole nitrogens is 1. The number of nitrogens with one attached hydrogen (secondary N) is 1. The normalized spacial score (nSPS) is 17.6. The average Bonchev–Trinajstić information content (AvgIpc) is 3.75. The van der Waals surface area contributed by atoms with Gasteiger partial charge >= 0.3 is 5.97 Å². The largest absolute Gasteiger partial charge is 0.465 e. The highest BCUT2D eigenvalue weighted by molar-refractivity contribution is 5.80. The van der Waals surface area contributed by atoms with Gasteiger partial charge in [-0.15, -0.1) is 10.2 Å². The van der Waals surface area contributed by atoms with Crippen LogP contribution < -0.4 is 5.56 Å². The topological polar surface area (TPSA) is 108 Å². The molecule has 44 heavy (non-hydrogen) atoms. The van der Waals surface area contributed by atoms with Crippen molar-refractivity contribution in [3.8, 4) is 22.5 Å². The third kappa shape index (κ3) is 5.22. The highest BCUT2D eigenvalue weighted by Gasteiger charge is 2.53. The molecule has 9 heteroatoms. The molecule has 1 aliphatic heterocycles. The maximum absolute atomic E-state index is 14.1. The van der Waals surface area contributed by atoms with Crippen molar-refractivity contribution < 1.29 is 9.53 Å². The van der Waals surface area contributed by atoms with Crippen LogP contribution in [0.15, 0.2) is 64.5 Å². The van der Waals surface area contributed by atoms with Gasteiger partial charge in [0.15, 0.2) is 0 Å². The van der Waals surface area contributed by atoms with Gasteiger partial charge in [0.05, 0.1) is 18.1 Å². The van der Waals surface area contributed by atoms with Crippen molar-refractivity contribution in [1.29, 1.82) is 0 Å². The molecule has 2 aliphatic rings. The van der Waals surface area contributed by atoms with Gasteiger partial charge in [-0.05, 0) is 81.2 Å². The number of benzene rings is 2. The number of nitrogens with zero attached hydrogens (tertiary/aromatic N) is 5. The van der Waals surface area contributed by atoms with E-state index in [2.05, 4.69) is 76.4 Å². The van der Waals surface area contributed by atoms with Crippen LogP contribution in [0.5, 0.6) is 0 Å². The zero-order valence-electron chi connectivity index (χ0n) is 26.2. The van der Waals surface area contributed by atoms with Gasteiger partial charge in [0.25, 0.3) is 5.56 Å². The number of esters is 1. The van der Waals surface area contributed by atoms with Gasteiger partial charge in [-0.25, -0.2) is 4.68 Å². The fourth-order valence-corrected chi connectivity index (χ4v) is 7.39. The summed E-state index contributed by atoms with van der Waals surface area (Å²) in [5.74, 6) is 0.422. The Kier molecular flexibility index (Phi) is 8.38. The Bertz CT molecular complexity index is 1710. The van der Waals surface area contributed by atoms with Crippen LogP contribution in [0.25, 0.3) is 22.5 Å². The molecule has 6 rings (SSSR count). The minimum Gasteiger partial charge on any atom is -0.465 e. The molecule has 2 aromatic heterocycles. The van der Waals surface area contributed by atoms with Crippen LogP contribution in [-0.2, 0) is 28.9 Å². The lowest BCUT2D eigenvalue weighted by molar-refractivity contribution is -0.159. The number of carbonyl (C=O) groups is 1. The van der Waals surface area contributed by atoms with E-state index in [-0.39, 0.29) is 17.6 Å². The average molecular weight is 595 g/mol. The van der Waals surface area contributed by atoms with Crippen LogP contribution >= 0.6 is 0 Å². The van der Waals surface area contributed by atoms with E-state index in [1.807, 2.05) is 29.8 Å². The van der Waals surface area contributed by atoms with Crippen LogP contribution in [0.1, 0.15) is 89.1 Å². The van der Waals surface area contributed by atoms with E-state index >= 15 is 0 Å². The Morgan fingerprint density at radius 2 is 1.77 bits per heavy atom. The van der Waals surface area contributed by atoms with Gasteiger partial charge < -0.3 is 4.74 Å². The third-order valence-electron chi connectivity index (χ3n) is 9.66. The molecule has 1 unspecified atom stereocenters. The molecule has 0 fully saturated rings. The molecule has 1 aliphatic carbocycles. The Balaban J connectivity index is 1.38. The number of hydrogen-bond donors (Lipinski definition) is 1. The second-order valence-corrected chi connectivity index (χ2v) is 12.4. The molecular formula is C35H42N6O3. The molecule has 0 saturated heterocycles. The Labute approximate surface area is 258 Å². The summed E-state index contributed by atoms with van der Waals surface area (Å²) in [7, 11) is 0. The van der Waals surface area contributed by atoms with Gasteiger partial charge in [-0.1, -0.05) is 73.0 Å². The minimum atomic E-state index is -0.677. The van der Waals surface area contributed by atoms with Crippen molar-refractivity contribution >= 4 is 5.97 Å². The van der Waals surface area contributed by atoms with Gasteiger partial charge in [-0.2, -0.15) is 5.21 Å². The molecule has 0 amide bonds. The van der Waals surface area contributed by atoms with Crippen molar-refractivity contribution in [2.45, 2.75) is 91.6 Å². The molecule has 0 radical (unpaired) electrons. The summed E-state index contributed by atoms with van der Waals surface area (Å²) >= 11 is 0. The second kappa shape index (κ2) is 12.4. The molecular weight excluding hydrogens is 552 g/mol. The van der Waals surface area contributed by atoms with Crippen molar-refractivity contribution in [2.75, 3.05) is 6.61 Å². The van der Waals surface area contributed by atoms with E-state index in [0.717, 1.165) is 65.6 Å². The molecule has 230 valence electrons. The molecule has 4 aromatic rings. The molecule has 1 atom stereocenters. The second-order valence-electron chi connectivity index (χ2n) is 12.4. The number of tetrazole rings is 1. The molecule has 9 nitrogen and oxygen atoms in total. The van der Waals surface area contributed by atoms with E-state index < -0.39 is 5.41 Å². The predicted octanol–water partition coefficient (Wildman–Crippen LogP) is 6.44. The van der Waals surface area contributed by atoms with Gasteiger partial charge in [0.1, 0.15) is 0 Å². The number of allylic oxidation sites excluding steroid dienone is 2. The van der Waals surface area contributed by atoms with Crippen molar-refractivity contribution in [3.05, 3.63) is 86.9 Å². The van der Waals surface area contributed by atoms with Crippen LogP contribution in [0, 0.1) is 5.41 Å². The number of unbranched alkanes of at least 4 members (excludes halogenated alkanes) is 1. The van der Waals surface area contributed by atoms with Crippen LogP contribution in [0.4, 0.5) is 0 Å². The van der Waals surface area contributed by atoms with E-state index in [1.165, 1.54) is 11.1 Å². The lowest BCUT2D eigenvalue weighted by atomic mass is 9.74. The Hall–Kier alpha value is -4.27. The summed E-state index contributed by atoms with van der Waals surface area (Å²) in [6.07, 6.45) is 6.47. The maximum Gasteiger partial charge on any atom is 0.314 e. The Morgan fingerprint density at radius 1 is 1.05 bits per heavy atom. The van der Waals surface area contributed by atoms with Crippen molar-refractivity contribution in [2.24, 2.45) is 5.41 Å². The number of carbonyl (C=O) groups excluding carboxylic acids is 1. The number of hydrogen-bond acceptors (Lipinski definition) is 6. The first-order valence-corrected chi connectivity index (χ1v) is 16.0. The van der Waals surface area contributed by atoms with Crippen LogP contribution in [-0.4, -0.2) is 42.6 Å². The molecule has 2 aromatic carbocycles. The SMILES string of the molecule is CCCCc1c(Cc2ccc(-c3ccccc3-c3nn[nH]n3)cc2)c(=O)n2n1C(C1(C(=O)OCC)CC(C)=C(C)C1)CCC2. The van der Waals surface area contributed by atoms with Gasteiger partial charge in [0, 0.05) is 29.8 Å². The Morgan fingerprint density at radius 3 is 2.43 bits per heavy atom. The summed E-state index contributed by atoms with van der Waals surface area (Å²) < 4.78 is 9.93. The summed E-state index contributed by atoms with van der Waals surface area (Å²) in [5.41, 5.74) is 7.91. The molecule has 0 saturated carbocycles. The smallest absolute Gasteiger partial charge is 0.314 e. The number of ether oxygens (including phenoxy) is 1. The van der Waals surface area contributed by atoms with Gasteiger partial charge in [0.2, 0.25) is 5.82 Å². The van der Waals surface area contributed by atoms with Crippen LogP contribution in [0.2, 0.25) is 0 Å². The third-order valence-corrected chi connectivity index (χ3v) is 9.66. The zero-order valence-corrected chi connectivity index (χ0v) is 26.2. The first kappa shape index (κ1) is 29.8. The highest BCUT2D eigenvalue weighted by Crippen LogP contribution is 2.53. The number of rotatable bonds is 10. The number of fused-ring (bicyclic) bond motifs is 1.